The topological polar surface area (TPSA) is 74.6 Å². The number of phenolic OH excluding ortho intramolecular Hbond substituents is 2. The lowest BCUT2D eigenvalue weighted by molar-refractivity contribution is -0.121. The molecule has 0 bridgehead atoms. The predicted octanol–water partition coefficient (Wildman–Crippen LogP) is 5.78. The van der Waals surface area contributed by atoms with E-state index in [1.54, 1.807) is 36.4 Å². The largest absolute Gasteiger partial charge is 0.508 e. The molecule has 0 radical (unpaired) electrons. The number of halogens is 1. The lowest BCUT2D eigenvalue weighted by Gasteiger charge is -2.07. The molecule has 0 aliphatic carbocycles. The predicted molar refractivity (Wildman–Crippen MR) is 122 cm³/mol. The third-order valence-corrected chi connectivity index (χ3v) is 5.07. The van der Waals surface area contributed by atoms with E-state index < -0.39 is 0 Å². The summed E-state index contributed by atoms with van der Waals surface area (Å²) < 4.78 is 0.730. The van der Waals surface area contributed by atoms with Crippen LogP contribution in [0.1, 0.15) is 17.5 Å². The van der Waals surface area contributed by atoms with Crippen molar-refractivity contribution in [3.8, 4) is 22.6 Å². The molecule has 0 aromatic heterocycles. The van der Waals surface area contributed by atoms with Gasteiger partial charge in [0.1, 0.15) is 11.5 Å². The van der Waals surface area contributed by atoms with Crippen LogP contribution in [0.5, 0.6) is 11.5 Å². The number of allylic oxidation sites excluding steroid dienone is 2. The summed E-state index contributed by atoms with van der Waals surface area (Å²) in [4.78, 5) is 24.4. The first kappa shape index (κ1) is 21.3. The fourth-order valence-corrected chi connectivity index (χ4v) is 3.26. The van der Waals surface area contributed by atoms with Crippen LogP contribution in [-0.2, 0) is 9.59 Å². The van der Waals surface area contributed by atoms with Crippen LogP contribution in [0.2, 0.25) is 0 Å². The Morgan fingerprint density at radius 1 is 0.767 bits per heavy atom. The third-order valence-electron chi connectivity index (χ3n) is 4.35. The molecule has 30 heavy (non-hydrogen) atoms. The Morgan fingerprint density at radius 3 is 2.00 bits per heavy atom. The first-order valence-electron chi connectivity index (χ1n) is 9.21. The normalized spacial score (nSPS) is 11.2. The highest BCUT2D eigenvalue weighted by molar-refractivity contribution is 9.10. The van der Waals surface area contributed by atoms with Crippen molar-refractivity contribution >= 4 is 39.6 Å². The number of aromatic hydroxyl groups is 2. The summed E-state index contributed by atoms with van der Waals surface area (Å²) in [7, 11) is 0. The summed E-state index contributed by atoms with van der Waals surface area (Å²) in [6.45, 7) is 0. The Kier molecular flexibility index (Phi) is 6.99. The summed E-state index contributed by atoms with van der Waals surface area (Å²) in [5.41, 5.74) is 3.15. The summed E-state index contributed by atoms with van der Waals surface area (Å²) in [5.74, 6) is -0.511. The first-order chi connectivity index (χ1) is 14.4. The van der Waals surface area contributed by atoms with Crippen molar-refractivity contribution in [3.63, 3.8) is 0 Å². The molecule has 0 atom stereocenters. The van der Waals surface area contributed by atoms with Crippen LogP contribution in [0.4, 0.5) is 0 Å². The highest BCUT2D eigenvalue weighted by Gasteiger charge is 2.07. The van der Waals surface area contributed by atoms with E-state index in [2.05, 4.69) is 15.9 Å². The molecule has 3 aromatic carbocycles. The quantitative estimate of drug-likeness (QED) is 0.344. The Hall–Kier alpha value is -3.44. The smallest absolute Gasteiger partial charge is 0.163 e. The second kappa shape index (κ2) is 9.85. The van der Waals surface area contributed by atoms with Crippen LogP contribution in [0, 0.1) is 0 Å². The Bertz CT molecular complexity index is 1130. The molecule has 0 saturated carbocycles. The molecule has 4 nitrogen and oxygen atoms in total. The molecule has 0 heterocycles. The molecule has 0 spiro atoms. The number of ketones is 2. The molecule has 0 fully saturated rings. The number of carbonyl (C=O) groups excluding carboxylic acids is 2. The van der Waals surface area contributed by atoms with Gasteiger partial charge in [0.15, 0.2) is 11.6 Å². The fraction of sp³-hybridized carbons (Fsp3) is 0.0400. The van der Waals surface area contributed by atoms with Crippen LogP contribution in [0.25, 0.3) is 23.3 Å². The molecule has 5 heteroatoms. The Balaban J connectivity index is 1.70. The third kappa shape index (κ3) is 5.78. The van der Waals surface area contributed by atoms with E-state index in [1.807, 2.05) is 30.3 Å². The van der Waals surface area contributed by atoms with Gasteiger partial charge in [-0.05, 0) is 64.7 Å². The van der Waals surface area contributed by atoms with Gasteiger partial charge in [0.2, 0.25) is 0 Å². The molecule has 0 unspecified atom stereocenters. The highest BCUT2D eigenvalue weighted by atomic mass is 79.9. The molecule has 0 aliphatic rings. The zero-order valence-corrected chi connectivity index (χ0v) is 17.5. The van der Waals surface area contributed by atoms with Crippen molar-refractivity contribution in [3.05, 3.63) is 94.5 Å². The van der Waals surface area contributed by atoms with Crippen LogP contribution in [0.15, 0.2) is 83.4 Å². The van der Waals surface area contributed by atoms with E-state index in [4.69, 9.17) is 0 Å². The molecule has 0 amide bonds. The van der Waals surface area contributed by atoms with Crippen molar-refractivity contribution in [1.82, 2.24) is 0 Å². The van der Waals surface area contributed by atoms with Crippen LogP contribution < -0.4 is 0 Å². The van der Waals surface area contributed by atoms with E-state index in [9.17, 15) is 19.8 Å². The lowest BCUT2D eigenvalue weighted by atomic mass is 9.98. The van der Waals surface area contributed by atoms with E-state index in [0.29, 0.717) is 11.1 Å². The summed E-state index contributed by atoms with van der Waals surface area (Å²) >= 11 is 3.34. The maximum Gasteiger partial charge on any atom is 0.163 e. The number of hydrogen-bond acceptors (Lipinski definition) is 4. The SMILES string of the molecule is O=C(C=Cc1cc(O)ccc1Br)CC(=O)C=Cc1cc(O)ccc1-c1ccccc1. The maximum absolute atomic E-state index is 12.2. The molecular formula is C25H19BrO4. The average Bonchev–Trinajstić information content (AvgIpc) is 2.73. The first-order valence-corrected chi connectivity index (χ1v) is 10.0. The van der Waals surface area contributed by atoms with Crippen molar-refractivity contribution in [2.24, 2.45) is 0 Å². The van der Waals surface area contributed by atoms with Gasteiger partial charge in [-0.2, -0.15) is 0 Å². The van der Waals surface area contributed by atoms with Gasteiger partial charge in [-0.1, -0.05) is 64.5 Å². The monoisotopic (exact) mass is 462 g/mol. The van der Waals surface area contributed by atoms with E-state index in [1.165, 1.54) is 24.3 Å². The van der Waals surface area contributed by atoms with Gasteiger partial charge in [0, 0.05) is 4.47 Å². The van der Waals surface area contributed by atoms with Gasteiger partial charge in [-0.25, -0.2) is 0 Å². The molecule has 150 valence electrons. The molecule has 3 rings (SSSR count). The van der Waals surface area contributed by atoms with Crippen LogP contribution in [0.3, 0.4) is 0 Å². The van der Waals surface area contributed by atoms with E-state index in [-0.39, 0.29) is 29.5 Å². The van der Waals surface area contributed by atoms with Gasteiger partial charge in [-0.3, -0.25) is 9.59 Å². The number of carbonyl (C=O) groups is 2. The molecule has 3 aromatic rings. The molecule has 0 aliphatic heterocycles. The summed E-state index contributed by atoms with van der Waals surface area (Å²) in [6, 6.07) is 19.3. The number of benzene rings is 3. The minimum Gasteiger partial charge on any atom is -0.508 e. The van der Waals surface area contributed by atoms with Gasteiger partial charge in [0.25, 0.3) is 0 Å². The second-order valence-electron chi connectivity index (χ2n) is 6.62. The van der Waals surface area contributed by atoms with Gasteiger partial charge in [-0.15, -0.1) is 0 Å². The van der Waals surface area contributed by atoms with Crippen LogP contribution >= 0.6 is 15.9 Å². The number of hydrogen-bond donors (Lipinski definition) is 2. The fourth-order valence-electron chi connectivity index (χ4n) is 2.88. The average molecular weight is 463 g/mol. The molecular weight excluding hydrogens is 444 g/mol. The van der Waals surface area contributed by atoms with Crippen molar-refractivity contribution in [2.75, 3.05) is 0 Å². The number of rotatable bonds is 7. The van der Waals surface area contributed by atoms with E-state index in [0.717, 1.165) is 15.6 Å². The van der Waals surface area contributed by atoms with Gasteiger partial charge >= 0.3 is 0 Å². The zero-order valence-electron chi connectivity index (χ0n) is 16.0. The van der Waals surface area contributed by atoms with Gasteiger partial charge < -0.3 is 10.2 Å². The van der Waals surface area contributed by atoms with Crippen molar-refractivity contribution in [1.29, 1.82) is 0 Å². The molecule has 2 N–H and O–H groups in total. The Morgan fingerprint density at radius 2 is 1.33 bits per heavy atom. The minimum absolute atomic E-state index is 0.0876. The maximum atomic E-state index is 12.2. The summed E-state index contributed by atoms with van der Waals surface area (Å²) in [6.07, 6.45) is 5.54. The summed E-state index contributed by atoms with van der Waals surface area (Å²) in [5, 5.41) is 19.3. The minimum atomic E-state index is -0.348. The molecule has 0 saturated heterocycles. The second-order valence-corrected chi connectivity index (χ2v) is 7.47. The van der Waals surface area contributed by atoms with Crippen molar-refractivity contribution < 1.29 is 19.8 Å². The van der Waals surface area contributed by atoms with Gasteiger partial charge in [0.05, 0.1) is 6.42 Å². The number of phenols is 2. The van der Waals surface area contributed by atoms with Crippen LogP contribution in [-0.4, -0.2) is 21.8 Å². The van der Waals surface area contributed by atoms with E-state index >= 15 is 0 Å². The Labute approximate surface area is 183 Å². The highest BCUT2D eigenvalue weighted by Crippen LogP contribution is 2.28. The zero-order chi connectivity index (χ0) is 21.5. The lowest BCUT2D eigenvalue weighted by Crippen LogP contribution is -2.02. The standard InChI is InChI=1S/C25H19BrO4/c26-25-13-11-21(28)15-19(25)7-9-23(30)16-22(29)8-6-18-14-20(27)10-12-24(18)17-4-2-1-3-5-17/h1-15,27-28H,16H2. The van der Waals surface area contributed by atoms with Crippen molar-refractivity contribution in [2.45, 2.75) is 6.42 Å².